The molecule has 40 heavy (non-hydrogen) atoms. The Morgan fingerprint density at radius 1 is 0.925 bits per heavy atom. The molecule has 0 saturated carbocycles. The summed E-state index contributed by atoms with van der Waals surface area (Å²) in [5.74, 6) is 1.31. The van der Waals surface area contributed by atoms with Crippen LogP contribution in [0.2, 0.25) is 0 Å². The van der Waals surface area contributed by atoms with E-state index in [1.165, 1.54) is 0 Å². The number of hydrogen-bond acceptors (Lipinski definition) is 8. The van der Waals surface area contributed by atoms with E-state index >= 15 is 0 Å². The third kappa shape index (κ3) is 6.74. The van der Waals surface area contributed by atoms with E-state index in [1.807, 2.05) is 57.2 Å². The molecular formula is C30H38N4O6. The minimum absolute atomic E-state index is 0.181. The van der Waals surface area contributed by atoms with Crippen molar-refractivity contribution in [2.75, 3.05) is 60.6 Å². The van der Waals surface area contributed by atoms with Crippen molar-refractivity contribution < 1.29 is 28.5 Å². The summed E-state index contributed by atoms with van der Waals surface area (Å²) in [7, 11) is 4.67. The molecule has 3 aromatic rings. The predicted octanol–water partition coefficient (Wildman–Crippen LogP) is 4.21. The second-order valence-electron chi connectivity index (χ2n) is 10.6. The normalized spacial score (nSPS) is 14.1. The number of rotatable bonds is 8. The van der Waals surface area contributed by atoms with Gasteiger partial charge in [-0.25, -0.2) is 9.78 Å². The van der Waals surface area contributed by atoms with Gasteiger partial charge in [-0.15, -0.1) is 0 Å². The Morgan fingerprint density at radius 3 is 2.17 bits per heavy atom. The first kappa shape index (κ1) is 28.9. The third-order valence-corrected chi connectivity index (χ3v) is 6.66. The maximum Gasteiger partial charge on any atom is 0.410 e. The molecule has 2 aromatic carbocycles. The first-order valence-corrected chi connectivity index (χ1v) is 13.3. The van der Waals surface area contributed by atoms with Crippen LogP contribution in [-0.4, -0.2) is 93.0 Å². The van der Waals surface area contributed by atoms with Gasteiger partial charge in [0.15, 0.2) is 11.5 Å². The maximum atomic E-state index is 13.4. The zero-order valence-electron chi connectivity index (χ0n) is 24.1. The molecule has 1 aliphatic heterocycles. The summed E-state index contributed by atoms with van der Waals surface area (Å²) in [6.45, 7) is 9.37. The molecule has 2 heterocycles. The molecule has 0 atom stereocenters. The number of hydrogen-bond donors (Lipinski definition) is 1. The third-order valence-electron chi connectivity index (χ3n) is 6.66. The van der Waals surface area contributed by atoms with Crippen molar-refractivity contribution in [2.45, 2.75) is 26.4 Å². The van der Waals surface area contributed by atoms with Crippen molar-refractivity contribution >= 4 is 22.9 Å². The summed E-state index contributed by atoms with van der Waals surface area (Å²) in [5.41, 5.74) is 2.07. The quantitative estimate of drug-likeness (QED) is 0.445. The Labute approximate surface area is 235 Å². The van der Waals surface area contributed by atoms with Gasteiger partial charge in [0.2, 0.25) is 5.75 Å². The lowest BCUT2D eigenvalue weighted by atomic mass is 10.0. The molecule has 0 aliphatic carbocycles. The lowest BCUT2D eigenvalue weighted by molar-refractivity contribution is 0.0147. The summed E-state index contributed by atoms with van der Waals surface area (Å²) < 4.78 is 21.9. The van der Waals surface area contributed by atoms with Crippen LogP contribution in [0.1, 0.15) is 31.1 Å². The van der Waals surface area contributed by atoms with E-state index in [9.17, 15) is 9.59 Å². The molecule has 0 spiro atoms. The fourth-order valence-electron chi connectivity index (χ4n) is 4.64. The fraction of sp³-hybridized carbons (Fsp3) is 0.433. The number of piperazine rings is 1. The van der Waals surface area contributed by atoms with Gasteiger partial charge >= 0.3 is 6.09 Å². The van der Waals surface area contributed by atoms with Crippen molar-refractivity contribution in [1.82, 2.24) is 20.1 Å². The molecule has 1 aliphatic rings. The van der Waals surface area contributed by atoms with E-state index in [2.05, 4.69) is 10.2 Å². The number of para-hydroxylation sites is 1. The molecule has 1 N–H and O–H groups in total. The van der Waals surface area contributed by atoms with Crippen LogP contribution in [0.5, 0.6) is 17.2 Å². The topological polar surface area (TPSA) is 102 Å². The first-order valence-electron chi connectivity index (χ1n) is 13.3. The predicted molar refractivity (Wildman–Crippen MR) is 153 cm³/mol. The van der Waals surface area contributed by atoms with Gasteiger partial charge in [0.25, 0.3) is 5.91 Å². The zero-order valence-corrected chi connectivity index (χ0v) is 24.1. The first-order chi connectivity index (χ1) is 19.1. The Bertz CT molecular complexity index is 1340. The molecular weight excluding hydrogens is 512 g/mol. The van der Waals surface area contributed by atoms with Gasteiger partial charge in [-0.05, 0) is 45.0 Å². The lowest BCUT2D eigenvalue weighted by Crippen LogP contribution is -2.51. The molecule has 1 fully saturated rings. The average molecular weight is 551 g/mol. The number of nitrogens with one attached hydrogen (secondary N) is 1. The van der Waals surface area contributed by atoms with E-state index in [4.69, 9.17) is 23.9 Å². The SMILES string of the molecule is COc1cc(-c2cc(C(=O)NCCN3CCN(C(=O)OC(C)(C)C)CC3)c3ccccc3n2)cc(OC)c1OC. The number of carbonyl (C=O) groups excluding carboxylic acids is 2. The number of nitrogens with zero attached hydrogens (tertiary/aromatic N) is 3. The summed E-state index contributed by atoms with van der Waals surface area (Å²) in [4.78, 5) is 34.5. The summed E-state index contributed by atoms with van der Waals surface area (Å²) in [6.07, 6.45) is -0.284. The molecule has 10 nitrogen and oxygen atoms in total. The second kappa shape index (κ2) is 12.4. The number of carbonyl (C=O) groups is 2. The monoisotopic (exact) mass is 550 g/mol. The number of methoxy groups -OCH3 is 3. The van der Waals surface area contributed by atoms with Crippen molar-refractivity contribution in [3.05, 3.63) is 48.0 Å². The van der Waals surface area contributed by atoms with Gasteiger partial charge in [0.1, 0.15) is 5.60 Å². The van der Waals surface area contributed by atoms with Crippen LogP contribution in [0.4, 0.5) is 4.79 Å². The Kier molecular flexibility index (Phi) is 8.99. The van der Waals surface area contributed by atoms with E-state index in [1.54, 1.807) is 32.3 Å². The highest BCUT2D eigenvalue weighted by molar-refractivity contribution is 6.07. The number of benzene rings is 2. The summed E-state index contributed by atoms with van der Waals surface area (Å²) >= 11 is 0. The van der Waals surface area contributed by atoms with Gasteiger partial charge in [-0.2, -0.15) is 0 Å². The number of amides is 2. The van der Waals surface area contributed by atoms with Gasteiger partial charge < -0.3 is 29.2 Å². The molecule has 214 valence electrons. The fourth-order valence-corrected chi connectivity index (χ4v) is 4.64. The van der Waals surface area contributed by atoms with Crippen LogP contribution in [0, 0.1) is 0 Å². The van der Waals surface area contributed by atoms with Crippen molar-refractivity contribution in [1.29, 1.82) is 0 Å². The van der Waals surface area contributed by atoms with E-state index in [-0.39, 0.29) is 12.0 Å². The summed E-state index contributed by atoms with van der Waals surface area (Å²) in [5, 5.41) is 3.83. The lowest BCUT2D eigenvalue weighted by Gasteiger charge is -2.35. The number of fused-ring (bicyclic) bond motifs is 1. The maximum absolute atomic E-state index is 13.4. The largest absolute Gasteiger partial charge is 0.493 e. The number of ether oxygens (including phenoxy) is 4. The Morgan fingerprint density at radius 2 is 1.57 bits per heavy atom. The highest BCUT2D eigenvalue weighted by Crippen LogP contribution is 2.41. The van der Waals surface area contributed by atoms with E-state index in [0.29, 0.717) is 60.2 Å². The standard InChI is InChI=1S/C30H38N4O6/c1-30(2,3)40-29(36)34-15-13-33(14-16-34)12-11-31-28(35)22-19-24(32-23-10-8-7-9-21(22)23)20-17-25(37-4)27(39-6)26(18-20)38-5/h7-10,17-19H,11-16H2,1-6H3,(H,31,35). The van der Waals surface area contributed by atoms with Gasteiger partial charge in [-0.1, -0.05) is 18.2 Å². The molecule has 10 heteroatoms. The van der Waals surface area contributed by atoms with Crippen molar-refractivity contribution in [3.63, 3.8) is 0 Å². The minimum Gasteiger partial charge on any atom is -0.493 e. The van der Waals surface area contributed by atoms with Crippen LogP contribution in [0.25, 0.3) is 22.2 Å². The molecule has 2 amide bonds. The molecule has 1 aromatic heterocycles. The smallest absolute Gasteiger partial charge is 0.410 e. The van der Waals surface area contributed by atoms with Gasteiger partial charge in [0.05, 0.1) is 38.1 Å². The highest BCUT2D eigenvalue weighted by Gasteiger charge is 2.26. The van der Waals surface area contributed by atoms with Crippen LogP contribution in [0.15, 0.2) is 42.5 Å². The highest BCUT2D eigenvalue weighted by atomic mass is 16.6. The van der Waals surface area contributed by atoms with Crippen LogP contribution < -0.4 is 19.5 Å². The summed E-state index contributed by atoms with van der Waals surface area (Å²) in [6, 6.07) is 13.0. The minimum atomic E-state index is -0.513. The Hall–Kier alpha value is -4.05. The molecule has 1 saturated heterocycles. The van der Waals surface area contributed by atoms with Gasteiger partial charge in [-0.3, -0.25) is 9.69 Å². The van der Waals surface area contributed by atoms with Crippen LogP contribution in [0.3, 0.4) is 0 Å². The molecule has 0 bridgehead atoms. The molecule has 0 unspecified atom stereocenters. The number of aromatic nitrogens is 1. The zero-order chi connectivity index (χ0) is 28.9. The average Bonchev–Trinajstić information content (AvgIpc) is 2.95. The van der Waals surface area contributed by atoms with E-state index < -0.39 is 5.60 Å². The van der Waals surface area contributed by atoms with Crippen LogP contribution in [-0.2, 0) is 4.74 Å². The molecule has 0 radical (unpaired) electrons. The second-order valence-corrected chi connectivity index (χ2v) is 10.6. The van der Waals surface area contributed by atoms with Crippen LogP contribution >= 0.6 is 0 Å². The molecule has 4 rings (SSSR count). The number of pyridine rings is 1. The van der Waals surface area contributed by atoms with Gasteiger partial charge in [0, 0.05) is 50.2 Å². The van der Waals surface area contributed by atoms with Crippen molar-refractivity contribution in [3.8, 4) is 28.5 Å². The Balaban J connectivity index is 1.46. The van der Waals surface area contributed by atoms with Crippen molar-refractivity contribution in [2.24, 2.45) is 0 Å². The van der Waals surface area contributed by atoms with E-state index in [0.717, 1.165) is 24.0 Å².